The lowest BCUT2D eigenvalue weighted by Gasteiger charge is -2.24. The SMILES string of the molecule is OC1O[C@H](COCc2ccccc2)[C@H](OCc2ccccc2)[C@@H]1OCc1ccccc1. The molecule has 1 unspecified atom stereocenters. The van der Waals surface area contributed by atoms with Crippen LogP contribution in [0.5, 0.6) is 0 Å². The average molecular weight is 421 g/mol. The van der Waals surface area contributed by atoms with Crippen LogP contribution in [0.2, 0.25) is 0 Å². The van der Waals surface area contributed by atoms with E-state index in [1.807, 2.05) is 91.0 Å². The van der Waals surface area contributed by atoms with Crippen molar-refractivity contribution in [3.05, 3.63) is 108 Å². The molecule has 0 spiro atoms. The molecule has 1 heterocycles. The van der Waals surface area contributed by atoms with Gasteiger partial charge in [0.1, 0.15) is 18.3 Å². The number of benzene rings is 3. The van der Waals surface area contributed by atoms with Crippen molar-refractivity contribution in [2.45, 2.75) is 44.4 Å². The molecular weight excluding hydrogens is 392 g/mol. The molecule has 0 aromatic heterocycles. The number of rotatable bonds is 10. The third-order valence-electron chi connectivity index (χ3n) is 5.25. The van der Waals surface area contributed by atoms with Crippen LogP contribution >= 0.6 is 0 Å². The van der Waals surface area contributed by atoms with Crippen molar-refractivity contribution in [2.24, 2.45) is 0 Å². The third-order valence-corrected chi connectivity index (χ3v) is 5.25. The summed E-state index contributed by atoms with van der Waals surface area (Å²) in [5.74, 6) is 0. The zero-order valence-corrected chi connectivity index (χ0v) is 17.4. The Morgan fingerprint density at radius 1 is 0.613 bits per heavy atom. The molecule has 4 rings (SSSR count). The Bertz CT molecular complexity index is 887. The van der Waals surface area contributed by atoms with Gasteiger partial charge < -0.3 is 24.1 Å². The Balaban J connectivity index is 1.39. The fourth-order valence-electron chi connectivity index (χ4n) is 3.62. The maximum atomic E-state index is 10.5. The van der Waals surface area contributed by atoms with Crippen LogP contribution in [0.3, 0.4) is 0 Å². The van der Waals surface area contributed by atoms with Gasteiger partial charge in [-0.1, -0.05) is 91.0 Å². The molecule has 4 atom stereocenters. The molecule has 1 N–H and O–H groups in total. The van der Waals surface area contributed by atoms with E-state index in [-0.39, 0.29) is 0 Å². The Morgan fingerprint density at radius 3 is 1.58 bits per heavy atom. The van der Waals surface area contributed by atoms with Crippen LogP contribution < -0.4 is 0 Å². The van der Waals surface area contributed by atoms with Crippen LogP contribution in [0.15, 0.2) is 91.0 Å². The van der Waals surface area contributed by atoms with Gasteiger partial charge in [0, 0.05) is 0 Å². The molecule has 5 heteroatoms. The highest BCUT2D eigenvalue weighted by molar-refractivity contribution is 5.15. The summed E-state index contributed by atoms with van der Waals surface area (Å²) in [6.45, 7) is 1.55. The van der Waals surface area contributed by atoms with Gasteiger partial charge in [0.25, 0.3) is 0 Å². The van der Waals surface area contributed by atoms with Crippen molar-refractivity contribution in [3.8, 4) is 0 Å². The smallest absolute Gasteiger partial charge is 0.184 e. The second kappa shape index (κ2) is 11.2. The van der Waals surface area contributed by atoms with Crippen LogP contribution in [0.1, 0.15) is 16.7 Å². The first-order valence-corrected chi connectivity index (χ1v) is 10.6. The molecule has 1 saturated heterocycles. The summed E-state index contributed by atoms with van der Waals surface area (Å²) < 4.78 is 23.9. The molecule has 162 valence electrons. The summed E-state index contributed by atoms with van der Waals surface area (Å²) in [6, 6.07) is 29.8. The Hall–Kier alpha value is -2.54. The van der Waals surface area contributed by atoms with Gasteiger partial charge in [-0.2, -0.15) is 0 Å². The van der Waals surface area contributed by atoms with Gasteiger partial charge in [0.15, 0.2) is 6.29 Å². The summed E-state index contributed by atoms with van der Waals surface area (Å²) in [5.41, 5.74) is 3.16. The summed E-state index contributed by atoms with van der Waals surface area (Å²) in [4.78, 5) is 0. The van der Waals surface area contributed by atoms with E-state index in [9.17, 15) is 5.11 Å². The zero-order chi connectivity index (χ0) is 21.3. The molecule has 1 fully saturated rings. The number of hydrogen-bond acceptors (Lipinski definition) is 5. The summed E-state index contributed by atoms with van der Waals surface area (Å²) in [7, 11) is 0. The fourth-order valence-corrected chi connectivity index (χ4v) is 3.62. The van der Waals surface area contributed by atoms with E-state index in [0.29, 0.717) is 26.4 Å². The van der Waals surface area contributed by atoms with Gasteiger partial charge in [0.2, 0.25) is 0 Å². The quantitative estimate of drug-likeness (QED) is 0.535. The van der Waals surface area contributed by atoms with E-state index in [2.05, 4.69) is 0 Å². The molecule has 0 bridgehead atoms. The minimum absolute atomic E-state index is 0.302. The predicted molar refractivity (Wildman–Crippen MR) is 117 cm³/mol. The first-order chi connectivity index (χ1) is 15.3. The van der Waals surface area contributed by atoms with E-state index < -0.39 is 24.6 Å². The Morgan fingerprint density at radius 2 is 1.06 bits per heavy atom. The molecule has 31 heavy (non-hydrogen) atoms. The maximum absolute atomic E-state index is 10.5. The van der Waals surface area contributed by atoms with Gasteiger partial charge in [-0.15, -0.1) is 0 Å². The van der Waals surface area contributed by atoms with Crippen LogP contribution in [0.25, 0.3) is 0 Å². The predicted octanol–water partition coefficient (Wildman–Crippen LogP) is 4.09. The van der Waals surface area contributed by atoms with Crippen molar-refractivity contribution in [2.75, 3.05) is 6.61 Å². The molecule has 3 aromatic rings. The molecular formula is C26H28O5. The highest BCUT2D eigenvalue weighted by atomic mass is 16.7. The lowest BCUT2D eigenvalue weighted by molar-refractivity contribution is -0.153. The van der Waals surface area contributed by atoms with Crippen molar-refractivity contribution in [1.82, 2.24) is 0 Å². The second-order valence-electron chi connectivity index (χ2n) is 7.59. The van der Waals surface area contributed by atoms with Crippen molar-refractivity contribution in [3.63, 3.8) is 0 Å². The van der Waals surface area contributed by atoms with Crippen LogP contribution in [-0.4, -0.2) is 36.3 Å². The van der Waals surface area contributed by atoms with E-state index in [0.717, 1.165) is 16.7 Å². The molecule has 0 amide bonds. The first kappa shape index (κ1) is 21.7. The molecule has 1 aliphatic rings. The second-order valence-corrected chi connectivity index (χ2v) is 7.59. The molecule has 3 aromatic carbocycles. The van der Waals surface area contributed by atoms with Crippen LogP contribution in [-0.2, 0) is 38.8 Å². The molecule has 0 saturated carbocycles. The number of ether oxygens (including phenoxy) is 4. The van der Waals surface area contributed by atoms with Crippen LogP contribution in [0, 0.1) is 0 Å². The number of aliphatic hydroxyl groups excluding tert-OH is 1. The standard InChI is InChI=1S/C26H28O5/c27-26-25(30-18-22-14-8-3-9-15-22)24(29-17-21-12-6-2-7-13-21)23(31-26)19-28-16-20-10-4-1-5-11-20/h1-15,23-27H,16-19H2/t23-,24+,25+,26?/m1/s1. The first-order valence-electron chi connectivity index (χ1n) is 10.6. The molecule has 0 aliphatic carbocycles. The van der Waals surface area contributed by atoms with E-state index >= 15 is 0 Å². The van der Waals surface area contributed by atoms with E-state index in [4.69, 9.17) is 18.9 Å². The lowest BCUT2D eigenvalue weighted by Crippen LogP contribution is -2.39. The van der Waals surface area contributed by atoms with Gasteiger partial charge in [-0.05, 0) is 16.7 Å². The van der Waals surface area contributed by atoms with Gasteiger partial charge in [-0.25, -0.2) is 0 Å². The highest BCUT2D eigenvalue weighted by Gasteiger charge is 2.45. The van der Waals surface area contributed by atoms with Crippen molar-refractivity contribution >= 4 is 0 Å². The van der Waals surface area contributed by atoms with Crippen molar-refractivity contribution < 1.29 is 24.1 Å². The average Bonchev–Trinajstić information content (AvgIpc) is 3.12. The fraction of sp³-hybridized carbons (Fsp3) is 0.308. The Kier molecular flexibility index (Phi) is 7.82. The van der Waals surface area contributed by atoms with Gasteiger partial charge in [0.05, 0.1) is 26.4 Å². The normalized spacial score (nSPS) is 23.1. The molecule has 1 aliphatic heterocycles. The van der Waals surface area contributed by atoms with Crippen molar-refractivity contribution in [1.29, 1.82) is 0 Å². The summed E-state index contributed by atoms with van der Waals surface area (Å²) in [6.07, 6.45) is -2.55. The Labute approximate surface area is 183 Å². The highest BCUT2D eigenvalue weighted by Crippen LogP contribution is 2.28. The molecule has 5 nitrogen and oxygen atoms in total. The van der Waals surface area contributed by atoms with Gasteiger partial charge in [-0.3, -0.25) is 0 Å². The van der Waals surface area contributed by atoms with Crippen LogP contribution in [0.4, 0.5) is 0 Å². The largest absolute Gasteiger partial charge is 0.374 e. The minimum atomic E-state index is -1.07. The maximum Gasteiger partial charge on any atom is 0.184 e. The number of hydrogen-bond donors (Lipinski definition) is 1. The summed E-state index contributed by atoms with van der Waals surface area (Å²) >= 11 is 0. The van der Waals surface area contributed by atoms with E-state index in [1.165, 1.54) is 0 Å². The summed E-state index contributed by atoms with van der Waals surface area (Å²) in [5, 5.41) is 10.5. The number of aliphatic hydroxyl groups is 1. The van der Waals surface area contributed by atoms with E-state index in [1.54, 1.807) is 0 Å². The molecule has 0 radical (unpaired) electrons. The third kappa shape index (κ3) is 6.23. The minimum Gasteiger partial charge on any atom is -0.374 e. The monoisotopic (exact) mass is 420 g/mol. The lowest BCUT2D eigenvalue weighted by atomic mass is 10.1. The zero-order valence-electron chi connectivity index (χ0n) is 17.4. The van der Waals surface area contributed by atoms with Gasteiger partial charge >= 0.3 is 0 Å². The topological polar surface area (TPSA) is 57.2 Å².